The Morgan fingerprint density at radius 2 is 1.79 bits per heavy atom. The van der Waals surface area contributed by atoms with Crippen molar-refractivity contribution in [3.05, 3.63) is 60.2 Å². The SMILES string of the molecule is COc1ccccc1-c1nnc(SCCCS(N)(=O)=O)n1CCc1ccccc1. The third-order valence-electron chi connectivity index (χ3n) is 4.34. The van der Waals surface area contributed by atoms with Crippen LogP contribution in [0.2, 0.25) is 0 Å². The van der Waals surface area contributed by atoms with Crippen LogP contribution in [0.3, 0.4) is 0 Å². The van der Waals surface area contributed by atoms with Crippen LogP contribution in [0.15, 0.2) is 59.8 Å². The van der Waals surface area contributed by atoms with Crippen molar-refractivity contribution in [1.82, 2.24) is 14.8 Å². The van der Waals surface area contributed by atoms with Crippen molar-refractivity contribution >= 4 is 21.8 Å². The third kappa shape index (κ3) is 6.06. The summed E-state index contributed by atoms with van der Waals surface area (Å²) in [6, 6.07) is 17.9. The first kappa shape index (κ1) is 21.4. The van der Waals surface area contributed by atoms with Gasteiger partial charge in [0.1, 0.15) is 5.75 Å². The van der Waals surface area contributed by atoms with Gasteiger partial charge in [0.15, 0.2) is 11.0 Å². The fourth-order valence-electron chi connectivity index (χ4n) is 2.93. The van der Waals surface area contributed by atoms with Crippen molar-refractivity contribution in [3.63, 3.8) is 0 Å². The van der Waals surface area contributed by atoms with Crippen molar-refractivity contribution in [2.24, 2.45) is 5.14 Å². The van der Waals surface area contributed by atoms with Crippen LogP contribution in [0.25, 0.3) is 11.4 Å². The zero-order valence-corrected chi connectivity index (χ0v) is 17.8. The van der Waals surface area contributed by atoms with E-state index in [1.54, 1.807) is 7.11 Å². The normalized spacial score (nSPS) is 11.5. The van der Waals surface area contributed by atoms with Crippen LogP contribution in [-0.4, -0.2) is 41.8 Å². The number of aromatic nitrogens is 3. The van der Waals surface area contributed by atoms with E-state index in [0.29, 0.717) is 18.7 Å². The topological polar surface area (TPSA) is 100 Å². The average molecular weight is 433 g/mol. The van der Waals surface area contributed by atoms with Crippen molar-refractivity contribution in [2.75, 3.05) is 18.6 Å². The van der Waals surface area contributed by atoms with E-state index in [9.17, 15) is 8.42 Å². The highest BCUT2D eigenvalue weighted by molar-refractivity contribution is 7.99. The maximum absolute atomic E-state index is 11.2. The molecule has 0 bridgehead atoms. The Morgan fingerprint density at radius 3 is 2.52 bits per heavy atom. The van der Waals surface area contributed by atoms with Gasteiger partial charge in [-0.2, -0.15) is 0 Å². The van der Waals surface area contributed by atoms with E-state index in [1.807, 2.05) is 42.5 Å². The molecule has 0 saturated heterocycles. The van der Waals surface area contributed by atoms with E-state index >= 15 is 0 Å². The summed E-state index contributed by atoms with van der Waals surface area (Å²) in [6.45, 7) is 0.696. The van der Waals surface area contributed by atoms with Gasteiger partial charge in [-0.1, -0.05) is 54.2 Å². The van der Waals surface area contributed by atoms with Crippen LogP contribution in [0.5, 0.6) is 5.75 Å². The van der Waals surface area contributed by atoms with Gasteiger partial charge in [0.2, 0.25) is 10.0 Å². The Kier molecular flexibility index (Phi) is 7.29. The highest BCUT2D eigenvalue weighted by Gasteiger charge is 2.17. The number of nitrogens with two attached hydrogens (primary N) is 1. The molecule has 0 unspecified atom stereocenters. The second-order valence-corrected chi connectivity index (χ2v) is 9.26. The number of nitrogens with zero attached hydrogens (tertiary/aromatic N) is 3. The fourth-order valence-corrected chi connectivity index (χ4v) is 4.57. The van der Waals surface area contributed by atoms with Crippen molar-refractivity contribution in [3.8, 4) is 17.1 Å². The molecule has 0 atom stereocenters. The smallest absolute Gasteiger partial charge is 0.209 e. The van der Waals surface area contributed by atoms with Gasteiger partial charge >= 0.3 is 0 Å². The molecule has 9 heteroatoms. The molecule has 3 aromatic rings. The highest BCUT2D eigenvalue weighted by Crippen LogP contribution is 2.31. The first-order chi connectivity index (χ1) is 14.0. The van der Waals surface area contributed by atoms with Gasteiger partial charge in [-0.3, -0.25) is 0 Å². The lowest BCUT2D eigenvalue weighted by Gasteiger charge is -2.12. The van der Waals surface area contributed by atoms with Crippen LogP contribution in [0.4, 0.5) is 0 Å². The van der Waals surface area contributed by atoms with E-state index in [-0.39, 0.29) is 5.75 Å². The quantitative estimate of drug-likeness (QED) is 0.390. The Hall–Kier alpha value is -2.36. The van der Waals surface area contributed by atoms with E-state index in [1.165, 1.54) is 17.3 Å². The van der Waals surface area contributed by atoms with Crippen LogP contribution >= 0.6 is 11.8 Å². The minimum absolute atomic E-state index is 0.0441. The zero-order valence-electron chi connectivity index (χ0n) is 16.2. The average Bonchev–Trinajstić information content (AvgIpc) is 3.12. The van der Waals surface area contributed by atoms with Crippen molar-refractivity contribution in [1.29, 1.82) is 0 Å². The molecule has 2 N–H and O–H groups in total. The molecule has 7 nitrogen and oxygen atoms in total. The summed E-state index contributed by atoms with van der Waals surface area (Å²) in [5, 5.41) is 14.6. The van der Waals surface area contributed by atoms with Gasteiger partial charge in [-0.05, 0) is 30.5 Å². The van der Waals surface area contributed by atoms with Crippen LogP contribution in [0, 0.1) is 0 Å². The van der Waals surface area contributed by atoms with Crippen LogP contribution < -0.4 is 9.88 Å². The summed E-state index contributed by atoms with van der Waals surface area (Å²) < 4.78 is 29.9. The molecule has 1 aromatic heterocycles. The number of hydrogen-bond donors (Lipinski definition) is 1. The molecule has 0 spiro atoms. The molecule has 3 rings (SSSR count). The second-order valence-electron chi connectivity index (χ2n) is 6.46. The Balaban J connectivity index is 1.84. The van der Waals surface area contributed by atoms with Gasteiger partial charge in [0, 0.05) is 12.3 Å². The number of aryl methyl sites for hydroxylation is 1. The number of benzene rings is 2. The summed E-state index contributed by atoms with van der Waals surface area (Å²) >= 11 is 1.48. The summed E-state index contributed by atoms with van der Waals surface area (Å²) in [5.41, 5.74) is 2.09. The number of ether oxygens (including phenoxy) is 1. The Labute approximate surface area is 175 Å². The maximum atomic E-state index is 11.2. The lowest BCUT2D eigenvalue weighted by Crippen LogP contribution is -2.16. The van der Waals surface area contributed by atoms with E-state index in [2.05, 4.69) is 26.9 Å². The van der Waals surface area contributed by atoms with Gasteiger partial charge < -0.3 is 9.30 Å². The first-order valence-electron chi connectivity index (χ1n) is 9.22. The third-order valence-corrected chi connectivity index (χ3v) is 6.25. The van der Waals surface area contributed by atoms with Gasteiger partial charge in [-0.15, -0.1) is 10.2 Å². The number of primary sulfonamides is 1. The van der Waals surface area contributed by atoms with Crippen LogP contribution in [-0.2, 0) is 23.0 Å². The molecule has 154 valence electrons. The largest absolute Gasteiger partial charge is 0.496 e. The molecule has 2 aromatic carbocycles. The maximum Gasteiger partial charge on any atom is 0.209 e. The minimum atomic E-state index is -3.45. The fraction of sp³-hybridized carbons (Fsp3) is 0.300. The number of hydrogen-bond acceptors (Lipinski definition) is 6. The minimum Gasteiger partial charge on any atom is -0.496 e. The van der Waals surface area contributed by atoms with Gasteiger partial charge in [-0.25, -0.2) is 13.6 Å². The summed E-state index contributed by atoms with van der Waals surface area (Å²) in [4.78, 5) is 0. The zero-order chi connectivity index (χ0) is 20.7. The van der Waals surface area contributed by atoms with E-state index in [4.69, 9.17) is 9.88 Å². The summed E-state index contributed by atoms with van der Waals surface area (Å²) in [6.07, 6.45) is 1.28. The highest BCUT2D eigenvalue weighted by atomic mass is 32.2. The molecular weight excluding hydrogens is 408 g/mol. The van der Waals surface area contributed by atoms with E-state index in [0.717, 1.165) is 28.7 Å². The number of thioether (sulfide) groups is 1. The Morgan fingerprint density at radius 1 is 1.07 bits per heavy atom. The molecule has 0 amide bonds. The number of sulfonamides is 1. The molecular formula is C20H24N4O3S2. The van der Waals surface area contributed by atoms with Gasteiger partial charge in [0.05, 0.1) is 18.4 Å². The predicted octanol–water partition coefficient (Wildman–Crippen LogP) is 2.97. The molecule has 0 radical (unpaired) electrons. The van der Waals surface area contributed by atoms with Crippen molar-refractivity contribution < 1.29 is 13.2 Å². The van der Waals surface area contributed by atoms with Gasteiger partial charge in [0.25, 0.3) is 0 Å². The molecule has 29 heavy (non-hydrogen) atoms. The Bertz CT molecular complexity index is 1040. The molecule has 0 aliphatic rings. The number of rotatable bonds is 10. The second kappa shape index (κ2) is 9.91. The molecule has 0 aliphatic carbocycles. The molecule has 0 saturated carbocycles. The molecule has 0 aliphatic heterocycles. The summed E-state index contributed by atoms with van der Waals surface area (Å²) in [7, 11) is -1.82. The molecule has 0 fully saturated rings. The number of methoxy groups -OCH3 is 1. The first-order valence-corrected chi connectivity index (χ1v) is 11.9. The van der Waals surface area contributed by atoms with Crippen molar-refractivity contribution in [2.45, 2.75) is 24.5 Å². The predicted molar refractivity (Wildman–Crippen MR) is 115 cm³/mol. The summed E-state index contributed by atoms with van der Waals surface area (Å²) in [5.74, 6) is 2.00. The standard InChI is InChI=1S/C20H24N4O3S2/c1-27-18-11-6-5-10-17(18)19-22-23-20(28-14-7-15-29(21,25)26)24(19)13-12-16-8-3-2-4-9-16/h2-6,8-11H,7,12-15H2,1H3,(H2,21,25,26). The monoisotopic (exact) mass is 432 g/mol. The molecule has 1 heterocycles. The lowest BCUT2D eigenvalue weighted by molar-refractivity contribution is 0.415. The lowest BCUT2D eigenvalue weighted by atomic mass is 10.1. The van der Waals surface area contributed by atoms with E-state index < -0.39 is 10.0 Å². The van der Waals surface area contributed by atoms with Crippen LogP contribution in [0.1, 0.15) is 12.0 Å². The number of para-hydroxylation sites is 1.